The lowest BCUT2D eigenvalue weighted by Gasteiger charge is -2.19. The predicted molar refractivity (Wildman–Crippen MR) is 84.2 cm³/mol. The summed E-state index contributed by atoms with van der Waals surface area (Å²) >= 11 is 18.3. The summed E-state index contributed by atoms with van der Waals surface area (Å²) in [4.78, 5) is 12.0. The molecular weight excluding hydrogens is 315 g/mol. The van der Waals surface area contributed by atoms with Gasteiger partial charge in [0.2, 0.25) is 0 Å². The van der Waals surface area contributed by atoms with Crippen LogP contribution in [0.5, 0.6) is 0 Å². The van der Waals surface area contributed by atoms with Gasteiger partial charge in [0.15, 0.2) is 5.78 Å². The molecule has 0 N–H and O–H groups in total. The fourth-order valence-corrected chi connectivity index (χ4v) is 3.31. The maximum atomic E-state index is 12.0. The first-order chi connectivity index (χ1) is 9.58. The number of carbonyl (C=O) groups excluding carboxylic acids is 1. The maximum Gasteiger partial charge on any atom is 0.163 e. The summed E-state index contributed by atoms with van der Waals surface area (Å²) in [7, 11) is 0. The van der Waals surface area contributed by atoms with Crippen LogP contribution < -0.4 is 0 Å². The number of rotatable bonds is 1. The zero-order valence-electron chi connectivity index (χ0n) is 10.6. The quantitative estimate of drug-likeness (QED) is 0.603. The van der Waals surface area contributed by atoms with Crippen LogP contribution in [0.25, 0.3) is 11.1 Å². The van der Waals surface area contributed by atoms with Crippen LogP contribution in [0.1, 0.15) is 28.8 Å². The van der Waals surface area contributed by atoms with Crippen molar-refractivity contribution in [1.29, 1.82) is 0 Å². The van der Waals surface area contributed by atoms with Crippen molar-refractivity contribution in [2.75, 3.05) is 0 Å². The van der Waals surface area contributed by atoms with Gasteiger partial charge in [0, 0.05) is 22.6 Å². The topological polar surface area (TPSA) is 17.1 Å². The van der Waals surface area contributed by atoms with Gasteiger partial charge in [-0.3, -0.25) is 4.79 Å². The van der Waals surface area contributed by atoms with Crippen molar-refractivity contribution in [2.45, 2.75) is 19.3 Å². The summed E-state index contributed by atoms with van der Waals surface area (Å²) in [6.45, 7) is 0. The average Bonchev–Trinajstić information content (AvgIpc) is 2.43. The van der Waals surface area contributed by atoms with Crippen LogP contribution in [0.3, 0.4) is 0 Å². The Balaban J connectivity index is 2.23. The van der Waals surface area contributed by atoms with Gasteiger partial charge in [-0.05, 0) is 36.1 Å². The van der Waals surface area contributed by atoms with Gasteiger partial charge in [0.05, 0.1) is 10.0 Å². The predicted octanol–water partition coefficient (Wildman–Crippen LogP) is 5.83. The van der Waals surface area contributed by atoms with E-state index in [9.17, 15) is 4.79 Å². The van der Waals surface area contributed by atoms with Crippen LogP contribution in [0.2, 0.25) is 15.1 Å². The highest BCUT2D eigenvalue weighted by Crippen LogP contribution is 2.39. The third-order valence-electron chi connectivity index (χ3n) is 3.61. The molecule has 1 aliphatic rings. The molecule has 1 nitrogen and oxygen atoms in total. The molecule has 0 aliphatic heterocycles. The largest absolute Gasteiger partial charge is 0.294 e. The molecule has 3 rings (SSSR count). The Kier molecular flexibility index (Phi) is 3.76. The monoisotopic (exact) mass is 324 g/mol. The van der Waals surface area contributed by atoms with Gasteiger partial charge in [-0.25, -0.2) is 0 Å². The number of hydrogen-bond donors (Lipinski definition) is 0. The zero-order chi connectivity index (χ0) is 14.3. The molecular formula is C16H11Cl3O. The first-order valence-corrected chi connectivity index (χ1v) is 7.51. The smallest absolute Gasteiger partial charge is 0.163 e. The third kappa shape index (κ3) is 2.35. The van der Waals surface area contributed by atoms with Crippen molar-refractivity contribution in [2.24, 2.45) is 0 Å². The van der Waals surface area contributed by atoms with Gasteiger partial charge in [0.1, 0.15) is 0 Å². The van der Waals surface area contributed by atoms with E-state index >= 15 is 0 Å². The minimum absolute atomic E-state index is 0.198. The van der Waals surface area contributed by atoms with E-state index in [1.54, 1.807) is 12.1 Å². The van der Waals surface area contributed by atoms with Gasteiger partial charge in [-0.2, -0.15) is 0 Å². The number of fused-ring (bicyclic) bond motifs is 1. The van der Waals surface area contributed by atoms with E-state index in [0.29, 0.717) is 21.5 Å². The SMILES string of the molecule is O=C1CCCc2c1cccc2-c1cc(Cl)c(Cl)cc1Cl. The van der Waals surface area contributed by atoms with E-state index in [4.69, 9.17) is 34.8 Å². The van der Waals surface area contributed by atoms with Gasteiger partial charge in [-0.1, -0.05) is 53.0 Å². The van der Waals surface area contributed by atoms with Crippen molar-refractivity contribution in [3.05, 3.63) is 56.5 Å². The van der Waals surface area contributed by atoms with E-state index in [2.05, 4.69) is 0 Å². The Morgan fingerprint density at radius 1 is 0.800 bits per heavy atom. The minimum atomic E-state index is 0.198. The highest BCUT2D eigenvalue weighted by Gasteiger charge is 2.21. The van der Waals surface area contributed by atoms with Gasteiger partial charge in [-0.15, -0.1) is 0 Å². The van der Waals surface area contributed by atoms with Gasteiger partial charge >= 0.3 is 0 Å². The normalized spacial score (nSPS) is 14.2. The van der Waals surface area contributed by atoms with E-state index in [1.165, 1.54) is 0 Å². The Morgan fingerprint density at radius 2 is 1.50 bits per heavy atom. The fraction of sp³-hybridized carbons (Fsp3) is 0.188. The standard InChI is InChI=1S/C16H11Cl3O/c17-13-8-15(19)14(18)7-12(13)10-3-1-5-11-9(10)4-2-6-16(11)20/h1,3,5,7-8H,2,4,6H2. The lowest BCUT2D eigenvalue weighted by Crippen LogP contribution is -2.11. The average molecular weight is 326 g/mol. The molecule has 2 aromatic carbocycles. The van der Waals surface area contributed by atoms with Crippen LogP contribution >= 0.6 is 34.8 Å². The molecule has 0 atom stereocenters. The summed E-state index contributed by atoms with van der Waals surface area (Å²) < 4.78 is 0. The molecule has 0 aromatic heterocycles. The number of halogens is 3. The first kappa shape index (κ1) is 13.9. The van der Waals surface area contributed by atoms with E-state index in [0.717, 1.165) is 35.1 Å². The summed E-state index contributed by atoms with van der Waals surface area (Å²) in [5.41, 5.74) is 3.66. The molecule has 0 heterocycles. The highest BCUT2D eigenvalue weighted by atomic mass is 35.5. The lowest BCUT2D eigenvalue weighted by atomic mass is 9.85. The number of Topliss-reactive ketones (excluding diaryl/α,β-unsaturated/α-hetero) is 1. The molecule has 0 radical (unpaired) electrons. The van der Waals surface area contributed by atoms with Crippen LogP contribution in [0.15, 0.2) is 30.3 Å². The molecule has 0 fully saturated rings. The molecule has 102 valence electrons. The number of carbonyl (C=O) groups is 1. The Bertz CT molecular complexity index is 707. The van der Waals surface area contributed by atoms with E-state index in [-0.39, 0.29) is 5.78 Å². The Labute approximate surface area is 132 Å². The molecule has 2 aromatic rings. The molecule has 0 bridgehead atoms. The number of ketones is 1. The maximum absolute atomic E-state index is 12.0. The van der Waals surface area contributed by atoms with E-state index < -0.39 is 0 Å². The van der Waals surface area contributed by atoms with Crippen LogP contribution in [-0.2, 0) is 6.42 Å². The molecule has 0 amide bonds. The second-order valence-electron chi connectivity index (χ2n) is 4.85. The molecule has 20 heavy (non-hydrogen) atoms. The van der Waals surface area contributed by atoms with Crippen molar-refractivity contribution >= 4 is 40.6 Å². The molecule has 1 aliphatic carbocycles. The molecule has 0 unspecified atom stereocenters. The first-order valence-electron chi connectivity index (χ1n) is 6.38. The number of hydrogen-bond acceptors (Lipinski definition) is 1. The van der Waals surface area contributed by atoms with Crippen molar-refractivity contribution in [3.8, 4) is 11.1 Å². The third-order valence-corrected chi connectivity index (χ3v) is 4.64. The molecule has 4 heteroatoms. The Morgan fingerprint density at radius 3 is 2.30 bits per heavy atom. The van der Waals surface area contributed by atoms with Crippen molar-refractivity contribution in [3.63, 3.8) is 0 Å². The van der Waals surface area contributed by atoms with Crippen LogP contribution in [0, 0.1) is 0 Å². The van der Waals surface area contributed by atoms with Gasteiger partial charge in [0.25, 0.3) is 0 Å². The van der Waals surface area contributed by atoms with Crippen molar-refractivity contribution in [1.82, 2.24) is 0 Å². The zero-order valence-corrected chi connectivity index (χ0v) is 12.8. The minimum Gasteiger partial charge on any atom is -0.294 e. The van der Waals surface area contributed by atoms with Crippen LogP contribution in [-0.4, -0.2) is 5.78 Å². The molecule has 0 saturated heterocycles. The Hall–Kier alpha value is -1.02. The number of benzene rings is 2. The summed E-state index contributed by atoms with van der Waals surface area (Å²) in [5.74, 6) is 0.198. The fourth-order valence-electron chi connectivity index (χ4n) is 2.66. The van der Waals surface area contributed by atoms with E-state index in [1.807, 2.05) is 18.2 Å². The summed E-state index contributed by atoms with van der Waals surface area (Å²) in [6, 6.07) is 9.15. The second-order valence-corrected chi connectivity index (χ2v) is 6.08. The second kappa shape index (κ2) is 5.40. The summed E-state index contributed by atoms with van der Waals surface area (Å²) in [5, 5.41) is 1.44. The molecule has 0 saturated carbocycles. The van der Waals surface area contributed by atoms with Crippen LogP contribution in [0.4, 0.5) is 0 Å². The lowest BCUT2D eigenvalue weighted by molar-refractivity contribution is 0.0972. The van der Waals surface area contributed by atoms with Gasteiger partial charge < -0.3 is 0 Å². The summed E-state index contributed by atoms with van der Waals surface area (Å²) in [6.07, 6.45) is 2.38. The molecule has 0 spiro atoms. The van der Waals surface area contributed by atoms with Crippen molar-refractivity contribution < 1.29 is 4.79 Å². The highest BCUT2D eigenvalue weighted by molar-refractivity contribution is 6.44.